The molecule has 19 heavy (non-hydrogen) atoms. The Balaban J connectivity index is 1.73. The molecule has 0 aromatic carbocycles. The van der Waals surface area contributed by atoms with Gasteiger partial charge in [-0.3, -0.25) is 0 Å². The number of hydrogen-bond acceptors (Lipinski definition) is 3. The molecule has 4 nitrogen and oxygen atoms in total. The summed E-state index contributed by atoms with van der Waals surface area (Å²) in [5, 5.41) is 0. The quantitative estimate of drug-likeness (QED) is 0.741. The van der Waals surface area contributed by atoms with Gasteiger partial charge in [-0.25, -0.2) is 4.79 Å². The van der Waals surface area contributed by atoms with Gasteiger partial charge in [-0.1, -0.05) is 28.8 Å². The zero-order valence-corrected chi connectivity index (χ0v) is 13.6. The Hall–Kier alpha value is -0.290. The largest absolute Gasteiger partial charge is 0.444 e. The third-order valence-electron chi connectivity index (χ3n) is 3.41. The predicted molar refractivity (Wildman–Crippen MR) is 77.6 cm³/mol. The molecule has 2 rings (SSSR count). The van der Waals surface area contributed by atoms with Crippen molar-refractivity contribution < 1.29 is 14.3 Å². The second-order valence-corrected chi connectivity index (χ2v) is 7.72. The Bertz CT molecular complexity index is 325. The van der Waals surface area contributed by atoms with Crippen LogP contribution in [-0.4, -0.2) is 47.2 Å². The number of carbonyl (C=O) groups is 1. The van der Waals surface area contributed by atoms with Crippen molar-refractivity contribution in [3.05, 3.63) is 0 Å². The average Bonchev–Trinajstić information content (AvgIpc) is 3.01. The summed E-state index contributed by atoms with van der Waals surface area (Å²) >= 11 is 3.60. The van der Waals surface area contributed by atoms with Gasteiger partial charge in [0, 0.05) is 13.2 Å². The smallest absolute Gasteiger partial charge is 0.410 e. The number of amides is 1. The molecule has 0 aromatic rings. The lowest BCUT2D eigenvalue weighted by Crippen LogP contribution is -2.36. The molecule has 5 heteroatoms. The molecule has 1 aliphatic heterocycles. The fraction of sp³-hybridized carbons (Fsp3) is 0.929. The Morgan fingerprint density at radius 3 is 2.58 bits per heavy atom. The first kappa shape index (κ1) is 15.1. The van der Waals surface area contributed by atoms with Crippen molar-refractivity contribution in [2.24, 2.45) is 5.92 Å². The first-order valence-electron chi connectivity index (χ1n) is 7.09. The minimum absolute atomic E-state index is 0.0891. The van der Waals surface area contributed by atoms with Crippen LogP contribution in [0.4, 0.5) is 4.79 Å². The second kappa shape index (κ2) is 6.00. The van der Waals surface area contributed by atoms with Crippen molar-refractivity contribution in [1.82, 2.24) is 4.90 Å². The number of nitrogens with zero attached hydrogens (tertiary/aromatic N) is 1. The average molecular weight is 334 g/mol. The summed E-state index contributed by atoms with van der Waals surface area (Å²) in [7, 11) is 0. The summed E-state index contributed by atoms with van der Waals surface area (Å²) in [6.07, 6.45) is 3.71. The number of halogens is 1. The summed E-state index contributed by atoms with van der Waals surface area (Å²) in [6, 6.07) is 0. The maximum Gasteiger partial charge on any atom is 0.410 e. The van der Waals surface area contributed by atoms with Gasteiger partial charge in [0.1, 0.15) is 5.60 Å². The minimum Gasteiger partial charge on any atom is -0.444 e. The van der Waals surface area contributed by atoms with Crippen molar-refractivity contribution >= 4 is 22.0 Å². The molecular formula is C14H24BrNO3. The number of ether oxygens (including phenoxy) is 2. The molecule has 2 unspecified atom stereocenters. The van der Waals surface area contributed by atoms with Gasteiger partial charge in [-0.15, -0.1) is 0 Å². The lowest BCUT2D eigenvalue weighted by molar-refractivity contribution is 0.0207. The standard InChI is InChI=1S/C14H24BrNO3/c1-14(2,3)19-13(17)16-8-11(15)12(9-16)18-7-6-10-4-5-10/h10-12H,4-9H2,1-3H3. The van der Waals surface area contributed by atoms with E-state index < -0.39 is 5.60 Å². The number of rotatable bonds is 4. The molecule has 110 valence electrons. The van der Waals surface area contributed by atoms with E-state index in [1.165, 1.54) is 12.8 Å². The van der Waals surface area contributed by atoms with E-state index in [9.17, 15) is 4.79 Å². The molecule has 1 heterocycles. The molecule has 0 spiro atoms. The molecule has 1 amide bonds. The number of carbonyl (C=O) groups excluding carboxylic acids is 1. The molecule has 2 fully saturated rings. The maximum absolute atomic E-state index is 12.0. The van der Waals surface area contributed by atoms with E-state index in [0.29, 0.717) is 13.1 Å². The number of likely N-dealkylation sites (tertiary alicyclic amines) is 1. The van der Waals surface area contributed by atoms with Crippen LogP contribution in [0.2, 0.25) is 0 Å². The number of hydrogen-bond donors (Lipinski definition) is 0. The van der Waals surface area contributed by atoms with Crippen LogP contribution >= 0.6 is 15.9 Å². The normalized spacial score (nSPS) is 27.7. The lowest BCUT2D eigenvalue weighted by atomic mass is 10.2. The Morgan fingerprint density at radius 2 is 2.00 bits per heavy atom. The molecule has 0 N–H and O–H groups in total. The van der Waals surface area contributed by atoms with Gasteiger partial charge in [-0.05, 0) is 33.1 Å². The van der Waals surface area contributed by atoms with E-state index in [-0.39, 0.29) is 17.0 Å². The highest BCUT2D eigenvalue weighted by Crippen LogP contribution is 2.32. The monoisotopic (exact) mass is 333 g/mol. The summed E-state index contributed by atoms with van der Waals surface area (Å²) in [4.78, 5) is 13.9. The summed E-state index contributed by atoms with van der Waals surface area (Å²) < 4.78 is 11.3. The van der Waals surface area contributed by atoms with Crippen molar-refractivity contribution in [2.75, 3.05) is 19.7 Å². The summed E-state index contributed by atoms with van der Waals surface area (Å²) in [6.45, 7) is 7.74. The summed E-state index contributed by atoms with van der Waals surface area (Å²) in [5.41, 5.74) is -0.441. The van der Waals surface area contributed by atoms with E-state index in [0.717, 1.165) is 18.9 Å². The van der Waals surface area contributed by atoms with E-state index in [1.54, 1.807) is 4.90 Å². The molecule has 0 radical (unpaired) electrons. The summed E-state index contributed by atoms with van der Waals surface area (Å²) in [5.74, 6) is 0.886. The van der Waals surface area contributed by atoms with E-state index in [4.69, 9.17) is 9.47 Å². The molecule has 2 atom stereocenters. The second-order valence-electron chi connectivity index (χ2n) is 6.54. The zero-order valence-electron chi connectivity index (χ0n) is 12.0. The van der Waals surface area contributed by atoms with Crippen LogP contribution in [-0.2, 0) is 9.47 Å². The maximum atomic E-state index is 12.0. The molecule has 2 aliphatic rings. The van der Waals surface area contributed by atoms with Crippen molar-refractivity contribution in [3.8, 4) is 0 Å². The molecule has 0 aromatic heterocycles. The lowest BCUT2D eigenvalue weighted by Gasteiger charge is -2.24. The molecule has 1 saturated heterocycles. The highest BCUT2D eigenvalue weighted by Gasteiger charge is 2.36. The Kier molecular flexibility index (Phi) is 4.77. The number of alkyl halides is 1. The fourth-order valence-electron chi connectivity index (χ4n) is 2.16. The van der Waals surface area contributed by atoms with Crippen molar-refractivity contribution in [3.63, 3.8) is 0 Å². The third kappa shape index (κ3) is 4.95. The predicted octanol–water partition coefficient (Wildman–Crippen LogP) is 3.19. The van der Waals surface area contributed by atoms with Gasteiger partial charge >= 0.3 is 6.09 Å². The van der Waals surface area contributed by atoms with Gasteiger partial charge in [0.15, 0.2) is 0 Å². The highest BCUT2D eigenvalue weighted by atomic mass is 79.9. The van der Waals surface area contributed by atoms with Gasteiger partial charge in [-0.2, -0.15) is 0 Å². The Morgan fingerprint density at radius 1 is 1.32 bits per heavy atom. The van der Waals surface area contributed by atoms with Gasteiger partial charge in [0.2, 0.25) is 0 Å². The first-order valence-corrected chi connectivity index (χ1v) is 8.00. The topological polar surface area (TPSA) is 38.8 Å². The van der Waals surface area contributed by atoms with Crippen LogP contribution in [0.3, 0.4) is 0 Å². The van der Waals surface area contributed by atoms with Gasteiger partial charge in [0.05, 0.1) is 17.5 Å². The molecule has 1 saturated carbocycles. The van der Waals surface area contributed by atoms with Gasteiger partial charge in [0.25, 0.3) is 0 Å². The van der Waals surface area contributed by atoms with Crippen molar-refractivity contribution in [1.29, 1.82) is 0 Å². The van der Waals surface area contributed by atoms with Crippen LogP contribution in [0, 0.1) is 5.92 Å². The highest BCUT2D eigenvalue weighted by molar-refractivity contribution is 9.09. The first-order chi connectivity index (χ1) is 8.85. The van der Waals surface area contributed by atoms with E-state index in [2.05, 4.69) is 15.9 Å². The van der Waals surface area contributed by atoms with Crippen molar-refractivity contribution in [2.45, 2.75) is 56.6 Å². The van der Waals surface area contributed by atoms with Crippen LogP contribution in [0.25, 0.3) is 0 Å². The third-order valence-corrected chi connectivity index (χ3v) is 4.28. The fourth-order valence-corrected chi connectivity index (χ4v) is 2.83. The molecule has 0 bridgehead atoms. The van der Waals surface area contributed by atoms with E-state index in [1.807, 2.05) is 20.8 Å². The van der Waals surface area contributed by atoms with Crippen LogP contribution < -0.4 is 0 Å². The zero-order chi connectivity index (χ0) is 14.0. The SMILES string of the molecule is CC(C)(C)OC(=O)N1CC(Br)C(OCCC2CC2)C1. The van der Waals surface area contributed by atoms with Crippen LogP contribution in [0.5, 0.6) is 0 Å². The van der Waals surface area contributed by atoms with E-state index >= 15 is 0 Å². The minimum atomic E-state index is -0.441. The van der Waals surface area contributed by atoms with Crippen LogP contribution in [0.1, 0.15) is 40.0 Å². The Labute approximate surface area is 123 Å². The van der Waals surface area contributed by atoms with Crippen LogP contribution in [0.15, 0.2) is 0 Å². The molecule has 1 aliphatic carbocycles. The van der Waals surface area contributed by atoms with Gasteiger partial charge < -0.3 is 14.4 Å². The molecular weight excluding hydrogens is 310 g/mol.